The first-order valence-corrected chi connectivity index (χ1v) is 10.7. The summed E-state index contributed by atoms with van der Waals surface area (Å²) in [5.41, 5.74) is 3.63. The highest BCUT2D eigenvalue weighted by molar-refractivity contribution is 6.36. The maximum atomic E-state index is 12.7. The summed E-state index contributed by atoms with van der Waals surface area (Å²) in [6, 6.07) is 9.60. The number of piperidine rings is 1. The van der Waals surface area contributed by atoms with Crippen LogP contribution in [0, 0.1) is 5.92 Å². The Balaban J connectivity index is 1.51. The van der Waals surface area contributed by atoms with Gasteiger partial charge in [0.25, 0.3) is 5.91 Å². The fourth-order valence-corrected chi connectivity index (χ4v) is 3.81. The van der Waals surface area contributed by atoms with Crippen LogP contribution in [-0.2, 0) is 4.79 Å². The van der Waals surface area contributed by atoms with Gasteiger partial charge in [0.1, 0.15) is 0 Å². The van der Waals surface area contributed by atoms with Gasteiger partial charge in [0, 0.05) is 24.0 Å². The Hall–Kier alpha value is -2.77. The van der Waals surface area contributed by atoms with Crippen LogP contribution >= 0.6 is 23.2 Å². The van der Waals surface area contributed by atoms with Crippen molar-refractivity contribution < 1.29 is 19.4 Å². The highest BCUT2D eigenvalue weighted by Gasteiger charge is 2.28. The summed E-state index contributed by atoms with van der Waals surface area (Å²) >= 11 is 12.0. The van der Waals surface area contributed by atoms with Crippen LogP contribution in [0.25, 0.3) is 0 Å². The van der Waals surface area contributed by atoms with E-state index in [-0.39, 0.29) is 23.5 Å². The number of phenolic OH excluding ortho intramolecular Hbond substituents is 1. The molecule has 2 amide bonds. The van der Waals surface area contributed by atoms with Gasteiger partial charge in [-0.25, -0.2) is 5.43 Å². The second kappa shape index (κ2) is 10.5. The molecule has 1 aliphatic heterocycles. The molecule has 2 N–H and O–H groups in total. The van der Waals surface area contributed by atoms with Gasteiger partial charge in [-0.05, 0) is 61.7 Å². The molecule has 0 bridgehead atoms. The van der Waals surface area contributed by atoms with E-state index < -0.39 is 0 Å². The fraction of sp³-hybridized carbons (Fsp3) is 0.318. The quantitative estimate of drug-likeness (QED) is 0.498. The number of benzene rings is 2. The molecule has 1 aliphatic rings. The van der Waals surface area contributed by atoms with Gasteiger partial charge in [-0.3, -0.25) is 9.59 Å². The Morgan fingerprint density at radius 3 is 2.65 bits per heavy atom. The van der Waals surface area contributed by atoms with Crippen molar-refractivity contribution in [2.24, 2.45) is 11.0 Å². The SMILES string of the molecule is CCOc1cc(/C=N\NC(=O)C2CCN(C(=O)c3ccc(Cl)cc3Cl)CC2)ccc1O. The van der Waals surface area contributed by atoms with E-state index in [1.165, 1.54) is 12.3 Å². The molecule has 1 fully saturated rings. The molecular weight excluding hydrogens is 441 g/mol. The van der Waals surface area contributed by atoms with Crippen molar-refractivity contribution in [3.8, 4) is 11.5 Å². The smallest absolute Gasteiger partial charge is 0.255 e. The highest BCUT2D eigenvalue weighted by atomic mass is 35.5. The van der Waals surface area contributed by atoms with Crippen LogP contribution in [0.2, 0.25) is 10.0 Å². The number of hydrazone groups is 1. The summed E-state index contributed by atoms with van der Waals surface area (Å²) in [6.45, 7) is 3.16. The van der Waals surface area contributed by atoms with Gasteiger partial charge < -0.3 is 14.7 Å². The number of likely N-dealkylation sites (tertiary alicyclic amines) is 1. The number of carbonyl (C=O) groups is 2. The fourth-order valence-electron chi connectivity index (χ4n) is 3.32. The van der Waals surface area contributed by atoms with Gasteiger partial charge in [0.05, 0.1) is 23.4 Å². The average Bonchev–Trinajstić information content (AvgIpc) is 2.76. The van der Waals surface area contributed by atoms with E-state index in [1.54, 1.807) is 35.2 Å². The first-order valence-electron chi connectivity index (χ1n) is 9.92. The number of halogens is 2. The molecule has 0 aliphatic carbocycles. The first-order chi connectivity index (χ1) is 14.9. The number of rotatable bonds is 6. The number of ether oxygens (including phenoxy) is 1. The number of nitrogens with zero attached hydrogens (tertiary/aromatic N) is 2. The molecule has 0 aromatic heterocycles. The lowest BCUT2D eigenvalue weighted by Gasteiger charge is -2.31. The molecular formula is C22H23Cl2N3O4. The van der Waals surface area contributed by atoms with E-state index in [1.807, 2.05) is 6.92 Å². The standard InChI is InChI=1S/C22H23Cl2N3O4/c1-2-31-20-11-14(3-6-19(20)28)13-25-26-21(29)15-7-9-27(10-8-15)22(30)17-5-4-16(23)12-18(17)24/h3-6,11-13,15,28H,2,7-10H2,1H3,(H,26,29)/b25-13-. The molecule has 0 spiro atoms. The molecule has 0 unspecified atom stereocenters. The molecule has 9 heteroatoms. The molecule has 0 radical (unpaired) electrons. The van der Waals surface area contributed by atoms with E-state index in [0.717, 1.165) is 0 Å². The average molecular weight is 464 g/mol. The van der Waals surface area contributed by atoms with E-state index >= 15 is 0 Å². The summed E-state index contributed by atoms with van der Waals surface area (Å²) in [6.07, 6.45) is 2.55. The lowest BCUT2D eigenvalue weighted by atomic mass is 9.95. The second-order valence-corrected chi connectivity index (χ2v) is 7.93. The number of hydrogen-bond acceptors (Lipinski definition) is 5. The molecule has 2 aromatic carbocycles. The van der Waals surface area contributed by atoms with Crippen molar-refractivity contribution in [2.75, 3.05) is 19.7 Å². The lowest BCUT2D eigenvalue weighted by Crippen LogP contribution is -2.42. The van der Waals surface area contributed by atoms with Crippen molar-refractivity contribution in [3.05, 3.63) is 57.6 Å². The molecule has 0 saturated carbocycles. The highest BCUT2D eigenvalue weighted by Crippen LogP contribution is 2.27. The number of nitrogens with one attached hydrogen (secondary N) is 1. The maximum Gasteiger partial charge on any atom is 0.255 e. The molecule has 164 valence electrons. The minimum atomic E-state index is -0.235. The monoisotopic (exact) mass is 463 g/mol. The largest absolute Gasteiger partial charge is 0.504 e. The summed E-state index contributed by atoms with van der Waals surface area (Å²) in [4.78, 5) is 26.8. The molecule has 31 heavy (non-hydrogen) atoms. The molecule has 1 saturated heterocycles. The zero-order valence-electron chi connectivity index (χ0n) is 17.0. The lowest BCUT2D eigenvalue weighted by molar-refractivity contribution is -0.126. The predicted octanol–water partition coefficient (Wildman–Crippen LogP) is 4.10. The second-order valence-electron chi connectivity index (χ2n) is 7.09. The van der Waals surface area contributed by atoms with Gasteiger partial charge in [-0.1, -0.05) is 23.2 Å². The zero-order chi connectivity index (χ0) is 22.4. The van der Waals surface area contributed by atoms with Crippen LogP contribution in [-0.4, -0.2) is 47.7 Å². The minimum Gasteiger partial charge on any atom is -0.504 e. The summed E-state index contributed by atoms with van der Waals surface area (Å²) < 4.78 is 5.33. The Bertz CT molecular complexity index is 989. The van der Waals surface area contributed by atoms with Gasteiger partial charge in [0.15, 0.2) is 11.5 Å². The number of phenols is 1. The van der Waals surface area contributed by atoms with Crippen molar-refractivity contribution in [1.82, 2.24) is 10.3 Å². The van der Waals surface area contributed by atoms with E-state index in [9.17, 15) is 14.7 Å². The Morgan fingerprint density at radius 1 is 1.23 bits per heavy atom. The third-order valence-electron chi connectivity index (χ3n) is 4.99. The van der Waals surface area contributed by atoms with Crippen LogP contribution in [0.4, 0.5) is 0 Å². The Labute approximate surface area is 190 Å². The maximum absolute atomic E-state index is 12.7. The Morgan fingerprint density at radius 2 is 1.97 bits per heavy atom. The topological polar surface area (TPSA) is 91.2 Å². The van der Waals surface area contributed by atoms with Crippen LogP contribution in [0.15, 0.2) is 41.5 Å². The Kier molecular flexibility index (Phi) is 7.76. The van der Waals surface area contributed by atoms with Crippen LogP contribution in [0.5, 0.6) is 11.5 Å². The number of hydrogen-bond donors (Lipinski definition) is 2. The van der Waals surface area contributed by atoms with Crippen LogP contribution in [0.1, 0.15) is 35.7 Å². The minimum absolute atomic E-state index is 0.0456. The van der Waals surface area contributed by atoms with Crippen molar-refractivity contribution in [1.29, 1.82) is 0 Å². The molecule has 0 atom stereocenters. The molecule has 2 aromatic rings. The van der Waals surface area contributed by atoms with Gasteiger partial charge in [-0.15, -0.1) is 0 Å². The van der Waals surface area contributed by atoms with Gasteiger partial charge in [-0.2, -0.15) is 5.10 Å². The number of amides is 2. The van der Waals surface area contributed by atoms with Gasteiger partial charge >= 0.3 is 0 Å². The summed E-state index contributed by atoms with van der Waals surface area (Å²) in [5, 5.41) is 14.5. The van der Waals surface area contributed by atoms with Crippen molar-refractivity contribution >= 4 is 41.2 Å². The molecule has 3 rings (SSSR count). The van der Waals surface area contributed by atoms with Crippen molar-refractivity contribution in [3.63, 3.8) is 0 Å². The van der Waals surface area contributed by atoms with Crippen LogP contribution < -0.4 is 10.2 Å². The molecule has 7 nitrogen and oxygen atoms in total. The van der Waals surface area contributed by atoms with E-state index in [2.05, 4.69) is 10.5 Å². The molecule has 1 heterocycles. The van der Waals surface area contributed by atoms with E-state index in [4.69, 9.17) is 27.9 Å². The number of carbonyl (C=O) groups excluding carboxylic acids is 2. The summed E-state index contributed by atoms with van der Waals surface area (Å²) in [7, 11) is 0. The van der Waals surface area contributed by atoms with Crippen LogP contribution in [0.3, 0.4) is 0 Å². The van der Waals surface area contributed by atoms with Gasteiger partial charge in [0.2, 0.25) is 5.91 Å². The number of aromatic hydroxyl groups is 1. The third kappa shape index (κ3) is 5.89. The zero-order valence-corrected chi connectivity index (χ0v) is 18.5. The normalized spacial score (nSPS) is 14.6. The first kappa shape index (κ1) is 22.9. The van der Waals surface area contributed by atoms with E-state index in [0.29, 0.717) is 59.5 Å². The predicted molar refractivity (Wildman–Crippen MR) is 120 cm³/mol. The summed E-state index contributed by atoms with van der Waals surface area (Å²) in [5.74, 6) is -0.201. The third-order valence-corrected chi connectivity index (χ3v) is 5.53. The van der Waals surface area contributed by atoms with Crippen molar-refractivity contribution in [2.45, 2.75) is 19.8 Å².